The molecule has 28 heavy (non-hydrogen) atoms. The summed E-state index contributed by atoms with van der Waals surface area (Å²) in [5, 5.41) is 13.3. The molecule has 0 saturated carbocycles. The fourth-order valence-corrected chi connectivity index (χ4v) is 2.93. The molecule has 0 spiro atoms. The van der Waals surface area contributed by atoms with E-state index >= 15 is 0 Å². The molecule has 0 aliphatic carbocycles. The Bertz CT molecular complexity index is 1290. The van der Waals surface area contributed by atoms with Crippen molar-refractivity contribution in [2.75, 3.05) is 0 Å². The molecule has 0 amide bonds. The molecule has 0 saturated heterocycles. The van der Waals surface area contributed by atoms with Crippen LogP contribution in [0, 0.1) is 0 Å². The average Bonchev–Trinajstić information content (AvgIpc) is 3.14. The zero-order valence-electron chi connectivity index (χ0n) is 13.4. The van der Waals surface area contributed by atoms with Crippen LogP contribution in [-0.4, -0.2) is 27.4 Å². The van der Waals surface area contributed by atoms with E-state index in [4.69, 9.17) is 65.2 Å². The van der Waals surface area contributed by atoms with Gasteiger partial charge in [-0.3, -0.25) is 5.10 Å². The predicted molar refractivity (Wildman–Crippen MR) is 98.6 cm³/mol. The molecule has 4 rings (SSSR count). The smallest absolute Gasteiger partial charge is 0.0650 e. The Balaban J connectivity index is 0.000000163. The average molecular weight is 557 g/mol. The Hall–Kier alpha value is -1.52. The van der Waals surface area contributed by atoms with Crippen molar-refractivity contribution in [3.8, 4) is 0 Å². The number of fused-ring (bicyclic) bond motifs is 2. The van der Waals surface area contributed by atoms with Gasteiger partial charge in [-0.2, -0.15) is 9.30 Å². The summed E-state index contributed by atoms with van der Waals surface area (Å²) in [5.41, 5.74) is 1.73. The summed E-state index contributed by atoms with van der Waals surface area (Å²) in [7, 11) is 0. The molecule has 0 radical (unpaired) electrons. The van der Waals surface area contributed by atoms with Gasteiger partial charge in [0.1, 0.15) is 0 Å². The first-order valence-electron chi connectivity index (χ1n) is 6.89. The minimum atomic E-state index is -7.22. The Labute approximate surface area is 177 Å². The Kier molecular flexibility index (Phi) is 6.88. The Morgan fingerprint density at radius 3 is 2.21 bits per heavy atom. The van der Waals surface area contributed by atoms with E-state index in [0.29, 0.717) is 20.9 Å². The fraction of sp³-hybridized carbons (Fsp3) is 0. The van der Waals surface area contributed by atoms with Gasteiger partial charge in [-0.15, -0.1) is 5.10 Å². The number of hydrogen-bond acceptors (Lipinski definition) is 5. The molecule has 9 nitrogen and oxygen atoms in total. The number of nitrogens with one attached hydrogen (secondary N) is 1. The van der Waals surface area contributed by atoms with E-state index in [9.17, 15) is 0 Å². The van der Waals surface area contributed by atoms with Crippen LogP contribution >= 0.6 is 46.6 Å². The zero-order valence-corrected chi connectivity index (χ0v) is 18.1. The van der Waals surface area contributed by atoms with Crippen LogP contribution in [0.25, 0.3) is 21.8 Å². The molecule has 14 heteroatoms. The SMILES string of the molecule is Clc1ccc2c(c(Cl)nn2Cl)c1Cl.[O]=[Ru](=[O])(=[O])([OH])[OH].c1ccc2[nH]ncc2c1. The van der Waals surface area contributed by atoms with Crippen LogP contribution in [0.2, 0.25) is 15.2 Å². The predicted octanol–water partition coefficient (Wildman–Crippen LogP) is 4.09. The summed E-state index contributed by atoms with van der Waals surface area (Å²) >= 11 is 16.0. The number of rotatable bonds is 0. The number of hydrogen-bond donors (Lipinski definition) is 3. The third-order valence-corrected chi connectivity index (χ3v) is 4.33. The molecule has 0 unspecified atom stereocenters. The van der Waals surface area contributed by atoms with Gasteiger partial charge in [-0.1, -0.05) is 53.0 Å². The van der Waals surface area contributed by atoms with E-state index in [2.05, 4.69) is 15.3 Å². The van der Waals surface area contributed by atoms with Crippen molar-refractivity contribution < 1.29 is 32.8 Å². The molecule has 0 bridgehead atoms. The van der Waals surface area contributed by atoms with Crippen molar-refractivity contribution in [3.05, 3.63) is 57.8 Å². The minimum absolute atomic E-state index is 0.248. The monoisotopic (exact) mass is 556 g/mol. The van der Waals surface area contributed by atoms with Gasteiger partial charge >= 0.3 is 32.8 Å². The summed E-state index contributed by atoms with van der Waals surface area (Å²) in [6, 6.07) is 11.4. The molecular formula is C14H10Cl4N4O5Ru. The second kappa shape index (κ2) is 8.46. The van der Waals surface area contributed by atoms with Gasteiger partial charge < -0.3 is 0 Å². The van der Waals surface area contributed by atoms with Crippen molar-refractivity contribution >= 4 is 68.4 Å². The van der Waals surface area contributed by atoms with Gasteiger partial charge in [-0.05, 0) is 18.2 Å². The maximum absolute atomic E-state index is 8.86. The Morgan fingerprint density at radius 1 is 1.00 bits per heavy atom. The van der Waals surface area contributed by atoms with Crippen molar-refractivity contribution in [3.63, 3.8) is 0 Å². The fourth-order valence-electron chi connectivity index (χ4n) is 1.95. The second-order valence-electron chi connectivity index (χ2n) is 5.00. The second-order valence-corrected chi connectivity index (χ2v) is 9.58. The molecule has 152 valence electrons. The zero-order chi connectivity index (χ0) is 21.1. The largest absolute Gasteiger partial charge is 0.278 e. The van der Waals surface area contributed by atoms with Gasteiger partial charge in [0.2, 0.25) is 0 Å². The van der Waals surface area contributed by atoms with E-state index in [1.807, 2.05) is 30.5 Å². The maximum atomic E-state index is 8.86. The number of benzene rings is 2. The van der Waals surface area contributed by atoms with Gasteiger partial charge in [0.15, 0.2) is 5.15 Å². The van der Waals surface area contributed by atoms with Crippen LogP contribution in [-0.2, 0) is 24.9 Å². The Morgan fingerprint density at radius 2 is 1.61 bits per heavy atom. The molecule has 2 heterocycles. The first kappa shape index (κ1) is 22.8. The van der Waals surface area contributed by atoms with Crippen LogP contribution in [0.1, 0.15) is 0 Å². The number of halogens is 4. The third kappa shape index (κ3) is 6.82. The van der Waals surface area contributed by atoms with Crippen molar-refractivity contribution in [2.24, 2.45) is 0 Å². The van der Waals surface area contributed by atoms with E-state index in [0.717, 1.165) is 15.1 Å². The standard InChI is InChI=1S/C7H2Cl4N2.C7H6N2.2H2O.3O.Ru/c8-3-1-2-4-5(6(3)9)7(10)12-13(4)11;1-2-4-7-6(3-1)5-8-9-7;;;;;;/h1-2H;1-5H,(H,8,9);2*1H2;;;;/q;;;;;;;+2/p-2. The molecule has 0 aliphatic rings. The van der Waals surface area contributed by atoms with E-state index in [1.54, 1.807) is 12.1 Å². The summed E-state index contributed by atoms with van der Waals surface area (Å²) in [6.45, 7) is 0. The van der Waals surface area contributed by atoms with Crippen molar-refractivity contribution in [1.29, 1.82) is 0 Å². The van der Waals surface area contributed by atoms with Crippen LogP contribution in [0.15, 0.2) is 42.6 Å². The first-order valence-corrected chi connectivity index (χ1v) is 12.0. The maximum Gasteiger partial charge on any atom is 0.0650 e. The van der Waals surface area contributed by atoms with E-state index in [-0.39, 0.29) is 5.15 Å². The van der Waals surface area contributed by atoms with Crippen molar-refractivity contribution in [2.45, 2.75) is 0 Å². The number of aromatic amines is 1. The summed E-state index contributed by atoms with van der Waals surface area (Å²) in [4.78, 5) is 0. The molecule has 0 fully saturated rings. The van der Waals surface area contributed by atoms with Crippen LogP contribution in [0.3, 0.4) is 0 Å². The molecule has 3 N–H and O–H groups in total. The van der Waals surface area contributed by atoms with E-state index < -0.39 is 14.2 Å². The number of nitrogens with zero attached hydrogens (tertiary/aromatic N) is 3. The quantitative estimate of drug-likeness (QED) is 0.277. The molecular weight excluding hydrogens is 547 g/mol. The van der Waals surface area contributed by atoms with E-state index in [1.165, 1.54) is 0 Å². The molecule has 0 atom stereocenters. The van der Waals surface area contributed by atoms with Crippen LogP contribution in [0.5, 0.6) is 0 Å². The number of aromatic nitrogens is 4. The van der Waals surface area contributed by atoms with Crippen LogP contribution < -0.4 is 0 Å². The summed E-state index contributed by atoms with van der Waals surface area (Å²) in [5.74, 6) is 0. The van der Waals surface area contributed by atoms with Crippen LogP contribution in [0.4, 0.5) is 0 Å². The minimum Gasteiger partial charge on any atom is -0.278 e. The summed E-state index contributed by atoms with van der Waals surface area (Å²) < 4.78 is 41.8. The van der Waals surface area contributed by atoms with Gasteiger partial charge in [0.05, 0.1) is 32.7 Å². The van der Waals surface area contributed by atoms with Crippen molar-refractivity contribution in [1.82, 2.24) is 19.5 Å². The normalized spacial score (nSPS) is 12.4. The van der Waals surface area contributed by atoms with Gasteiger partial charge in [0, 0.05) is 17.2 Å². The van der Waals surface area contributed by atoms with Gasteiger partial charge in [0.25, 0.3) is 0 Å². The summed E-state index contributed by atoms with van der Waals surface area (Å²) in [6.07, 6.45) is 1.81. The molecule has 2 aromatic heterocycles. The number of para-hydroxylation sites is 1. The van der Waals surface area contributed by atoms with Gasteiger partial charge in [-0.25, -0.2) is 0 Å². The third-order valence-electron chi connectivity index (χ3n) is 3.00. The topological polar surface area (TPSA) is 138 Å². The molecule has 0 aliphatic heterocycles. The molecule has 2 aromatic carbocycles. The molecule has 4 aromatic rings. The number of H-pyrrole nitrogens is 1. The first-order chi connectivity index (χ1) is 12.8.